The van der Waals surface area contributed by atoms with E-state index in [9.17, 15) is 0 Å². The minimum absolute atomic E-state index is 0.108. The molecule has 4 heteroatoms. The first-order chi connectivity index (χ1) is 21.3. The summed E-state index contributed by atoms with van der Waals surface area (Å²) in [6.07, 6.45) is 10.1. The lowest BCUT2D eigenvalue weighted by Crippen LogP contribution is -2.18. The van der Waals surface area contributed by atoms with E-state index < -0.39 is 8.60 Å². The maximum atomic E-state index is 6.35. The summed E-state index contributed by atoms with van der Waals surface area (Å²) in [6, 6.07) is 38.0. The number of hydrogen-bond donors (Lipinski definition) is 0. The van der Waals surface area contributed by atoms with Crippen molar-refractivity contribution in [3.8, 4) is 11.5 Å². The van der Waals surface area contributed by atoms with Crippen LogP contribution in [0.1, 0.15) is 108 Å². The molecule has 0 N–H and O–H groups in total. The molecule has 4 aromatic carbocycles. The molecule has 0 aliphatic rings. The molecular formula is C40H51O3P. The van der Waals surface area contributed by atoms with Crippen molar-refractivity contribution in [1.82, 2.24) is 0 Å². The number of unbranched alkanes of at least 4 members (excludes halogenated alkanes) is 7. The van der Waals surface area contributed by atoms with Gasteiger partial charge in [-0.3, -0.25) is 4.52 Å². The van der Waals surface area contributed by atoms with Crippen LogP contribution in [-0.4, -0.2) is 6.61 Å². The number of benzene rings is 4. The fourth-order valence-corrected chi connectivity index (χ4v) is 6.53. The molecule has 0 amide bonds. The summed E-state index contributed by atoms with van der Waals surface area (Å²) in [5.41, 5.74) is 4.82. The van der Waals surface area contributed by atoms with Crippen molar-refractivity contribution in [2.24, 2.45) is 0 Å². The third kappa shape index (κ3) is 9.68. The van der Waals surface area contributed by atoms with E-state index in [1.54, 1.807) is 0 Å². The summed E-state index contributed by atoms with van der Waals surface area (Å²) >= 11 is 0. The monoisotopic (exact) mass is 610 g/mol. The van der Waals surface area contributed by atoms with Gasteiger partial charge in [0.05, 0.1) is 6.61 Å². The van der Waals surface area contributed by atoms with E-state index in [2.05, 4.69) is 120 Å². The van der Waals surface area contributed by atoms with Crippen LogP contribution in [0.3, 0.4) is 0 Å². The van der Waals surface area contributed by atoms with E-state index >= 15 is 0 Å². The second kappa shape index (κ2) is 16.8. The van der Waals surface area contributed by atoms with Crippen molar-refractivity contribution in [3.05, 3.63) is 131 Å². The molecular weight excluding hydrogens is 559 g/mol. The van der Waals surface area contributed by atoms with Crippen molar-refractivity contribution < 1.29 is 13.6 Å². The standard InChI is InChI=1S/C40H51O3P/c1-6-7-8-9-10-11-12-19-32-41-44(42-37-28-24-35(25-29-37)39(2,3)33-20-15-13-16-21-33)43-38-30-26-36(27-31-38)40(4,5)34-22-17-14-18-23-34/h13-18,20-31H,6-12,19,32H2,1-5H3. The van der Waals surface area contributed by atoms with Crippen LogP contribution in [0.4, 0.5) is 0 Å². The smallest absolute Gasteiger partial charge is 0.418 e. The van der Waals surface area contributed by atoms with Gasteiger partial charge in [-0.15, -0.1) is 0 Å². The second-order valence-electron chi connectivity index (χ2n) is 12.7. The van der Waals surface area contributed by atoms with E-state index in [4.69, 9.17) is 13.6 Å². The van der Waals surface area contributed by atoms with Crippen molar-refractivity contribution in [1.29, 1.82) is 0 Å². The Morgan fingerprint density at radius 3 is 1.23 bits per heavy atom. The van der Waals surface area contributed by atoms with E-state index in [1.165, 1.54) is 67.2 Å². The predicted octanol–water partition coefficient (Wildman–Crippen LogP) is 12.2. The van der Waals surface area contributed by atoms with Crippen LogP contribution in [0.5, 0.6) is 11.5 Å². The van der Waals surface area contributed by atoms with Gasteiger partial charge in [-0.2, -0.15) is 0 Å². The van der Waals surface area contributed by atoms with E-state index in [-0.39, 0.29) is 10.8 Å². The van der Waals surface area contributed by atoms with Gasteiger partial charge in [-0.05, 0) is 52.9 Å². The summed E-state index contributed by atoms with van der Waals surface area (Å²) in [5.74, 6) is 1.50. The van der Waals surface area contributed by atoms with Gasteiger partial charge in [-0.25, -0.2) is 0 Å². The largest absolute Gasteiger partial charge is 0.463 e. The zero-order chi connectivity index (χ0) is 31.3. The van der Waals surface area contributed by atoms with Crippen molar-refractivity contribution in [2.45, 2.75) is 96.8 Å². The zero-order valence-corrected chi connectivity index (χ0v) is 28.3. The molecule has 0 aliphatic heterocycles. The van der Waals surface area contributed by atoms with E-state index in [1.807, 2.05) is 24.3 Å². The van der Waals surface area contributed by atoms with Crippen molar-refractivity contribution in [2.75, 3.05) is 6.61 Å². The molecule has 4 rings (SSSR count). The van der Waals surface area contributed by atoms with Gasteiger partial charge in [0.2, 0.25) is 0 Å². The molecule has 0 bridgehead atoms. The normalized spacial score (nSPS) is 12.0. The first-order valence-electron chi connectivity index (χ1n) is 16.4. The highest BCUT2D eigenvalue weighted by molar-refractivity contribution is 7.42. The molecule has 0 aromatic heterocycles. The second-order valence-corrected chi connectivity index (χ2v) is 13.8. The van der Waals surface area contributed by atoms with Crippen LogP contribution < -0.4 is 9.05 Å². The van der Waals surface area contributed by atoms with Gasteiger partial charge in [0, 0.05) is 10.8 Å². The molecule has 0 fully saturated rings. The summed E-state index contributed by atoms with van der Waals surface area (Å²) < 4.78 is 19.0. The Balaban J connectivity index is 1.40. The highest BCUT2D eigenvalue weighted by Gasteiger charge is 2.25. The van der Waals surface area contributed by atoms with E-state index in [0.29, 0.717) is 6.61 Å². The van der Waals surface area contributed by atoms with E-state index in [0.717, 1.165) is 17.9 Å². The van der Waals surface area contributed by atoms with Crippen LogP contribution in [0.25, 0.3) is 0 Å². The molecule has 4 aromatic rings. The maximum absolute atomic E-state index is 6.35. The van der Waals surface area contributed by atoms with Gasteiger partial charge in [0.1, 0.15) is 11.5 Å². The molecule has 0 saturated carbocycles. The average molecular weight is 611 g/mol. The molecule has 0 radical (unpaired) electrons. The lowest BCUT2D eigenvalue weighted by molar-refractivity contribution is 0.258. The highest BCUT2D eigenvalue weighted by atomic mass is 31.2. The Kier molecular flexibility index (Phi) is 12.9. The Morgan fingerprint density at radius 2 is 0.818 bits per heavy atom. The van der Waals surface area contributed by atoms with Gasteiger partial charge in [0.15, 0.2) is 0 Å². The van der Waals surface area contributed by atoms with Gasteiger partial charge >= 0.3 is 8.60 Å². The van der Waals surface area contributed by atoms with Gasteiger partial charge in [0.25, 0.3) is 0 Å². The van der Waals surface area contributed by atoms with Crippen LogP contribution in [0.2, 0.25) is 0 Å². The van der Waals surface area contributed by atoms with Crippen LogP contribution in [0.15, 0.2) is 109 Å². The predicted molar refractivity (Wildman–Crippen MR) is 187 cm³/mol. The molecule has 0 saturated heterocycles. The Hall–Kier alpha value is -3.13. The molecule has 0 heterocycles. The average Bonchev–Trinajstić information content (AvgIpc) is 3.05. The molecule has 234 valence electrons. The SMILES string of the molecule is CCCCCCCCCCOP(Oc1ccc(C(C)(C)c2ccccc2)cc1)Oc1ccc(C(C)(C)c2ccccc2)cc1. The quantitative estimate of drug-likeness (QED) is 0.0828. The first kappa shape index (κ1) is 33.8. The number of rotatable bonds is 18. The summed E-state index contributed by atoms with van der Waals surface area (Å²) in [5, 5.41) is 0. The molecule has 44 heavy (non-hydrogen) atoms. The highest BCUT2D eigenvalue weighted by Crippen LogP contribution is 2.43. The molecule has 0 atom stereocenters. The first-order valence-corrected chi connectivity index (χ1v) is 17.5. The Labute approximate surface area is 268 Å². The third-order valence-corrected chi connectivity index (χ3v) is 9.81. The third-order valence-electron chi connectivity index (χ3n) is 8.70. The molecule has 0 spiro atoms. The molecule has 3 nitrogen and oxygen atoms in total. The summed E-state index contributed by atoms with van der Waals surface area (Å²) in [7, 11) is -1.61. The van der Waals surface area contributed by atoms with Crippen LogP contribution in [-0.2, 0) is 15.4 Å². The lowest BCUT2D eigenvalue weighted by atomic mass is 9.78. The van der Waals surface area contributed by atoms with Crippen LogP contribution in [0, 0.1) is 0 Å². The van der Waals surface area contributed by atoms with Crippen LogP contribution >= 0.6 is 8.60 Å². The summed E-state index contributed by atoms with van der Waals surface area (Å²) in [6.45, 7) is 11.9. The Morgan fingerprint density at radius 1 is 0.455 bits per heavy atom. The topological polar surface area (TPSA) is 27.7 Å². The fourth-order valence-electron chi connectivity index (χ4n) is 5.53. The molecule has 0 aliphatic carbocycles. The maximum Gasteiger partial charge on any atom is 0.463 e. The van der Waals surface area contributed by atoms with Crippen molar-refractivity contribution >= 4 is 8.60 Å². The molecule has 0 unspecified atom stereocenters. The fraction of sp³-hybridized carbons (Fsp3) is 0.400. The van der Waals surface area contributed by atoms with Gasteiger partial charge < -0.3 is 9.05 Å². The minimum atomic E-state index is -1.61. The number of hydrogen-bond acceptors (Lipinski definition) is 3. The summed E-state index contributed by atoms with van der Waals surface area (Å²) in [4.78, 5) is 0. The zero-order valence-electron chi connectivity index (χ0n) is 27.4. The van der Waals surface area contributed by atoms with Gasteiger partial charge in [-0.1, -0.05) is 164 Å². The lowest BCUT2D eigenvalue weighted by Gasteiger charge is -2.27. The minimum Gasteiger partial charge on any atom is -0.418 e. The Bertz CT molecular complexity index is 1250. The van der Waals surface area contributed by atoms with Crippen molar-refractivity contribution in [3.63, 3.8) is 0 Å².